The second kappa shape index (κ2) is 9.38. The molecule has 1 aromatic rings. The Morgan fingerprint density at radius 2 is 1.80 bits per heavy atom. The van der Waals surface area contributed by atoms with Crippen molar-refractivity contribution in [3.8, 4) is 0 Å². The summed E-state index contributed by atoms with van der Waals surface area (Å²) in [7, 11) is 0. The third kappa shape index (κ3) is 5.57. The number of likely N-dealkylation sites (tertiary alicyclic amines) is 1. The standard InChI is InChI=1S/C22H34N2O/c1-18(21-9-13-23-14-10-21)17-22(25)24-15-11-20(12-16-24)8-7-19-5-3-2-4-6-19/h2-6,18,20-21,23H,7-17H2,1H3. The number of nitrogens with one attached hydrogen (secondary N) is 1. The van der Waals surface area contributed by atoms with E-state index >= 15 is 0 Å². The zero-order valence-electron chi connectivity index (χ0n) is 15.8. The van der Waals surface area contributed by atoms with E-state index in [4.69, 9.17) is 0 Å². The predicted octanol–water partition coefficient (Wildman–Crippen LogP) is 3.88. The van der Waals surface area contributed by atoms with Crippen molar-refractivity contribution in [2.45, 2.75) is 51.9 Å². The first-order valence-corrected chi connectivity index (χ1v) is 10.2. The quantitative estimate of drug-likeness (QED) is 0.851. The van der Waals surface area contributed by atoms with Crippen LogP contribution in [-0.2, 0) is 11.2 Å². The molecule has 1 N–H and O–H groups in total. The lowest BCUT2D eigenvalue weighted by Crippen LogP contribution is -2.40. The highest BCUT2D eigenvalue weighted by Gasteiger charge is 2.27. The monoisotopic (exact) mass is 342 g/mol. The maximum atomic E-state index is 12.6. The molecule has 0 saturated carbocycles. The normalized spacial score (nSPS) is 21.2. The maximum absolute atomic E-state index is 12.6. The number of carbonyl (C=O) groups excluding carboxylic acids is 1. The minimum Gasteiger partial charge on any atom is -0.343 e. The summed E-state index contributed by atoms with van der Waals surface area (Å²) < 4.78 is 0. The van der Waals surface area contributed by atoms with Crippen molar-refractivity contribution in [2.24, 2.45) is 17.8 Å². The van der Waals surface area contributed by atoms with Gasteiger partial charge in [0.2, 0.25) is 5.91 Å². The van der Waals surface area contributed by atoms with Gasteiger partial charge in [0.1, 0.15) is 0 Å². The van der Waals surface area contributed by atoms with Crippen LogP contribution in [0.25, 0.3) is 0 Å². The van der Waals surface area contributed by atoms with Crippen LogP contribution in [0, 0.1) is 17.8 Å². The molecule has 1 amide bonds. The second-order valence-electron chi connectivity index (χ2n) is 8.12. The van der Waals surface area contributed by atoms with Crippen LogP contribution >= 0.6 is 0 Å². The van der Waals surface area contributed by atoms with E-state index in [-0.39, 0.29) is 0 Å². The van der Waals surface area contributed by atoms with E-state index in [0.717, 1.165) is 44.4 Å². The molecule has 1 aromatic carbocycles. The summed E-state index contributed by atoms with van der Waals surface area (Å²) >= 11 is 0. The van der Waals surface area contributed by atoms with Gasteiger partial charge in [0.05, 0.1) is 0 Å². The number of amides is 1. The van der Waals surface area contributed by atoms with E-state index < -0.39 is 0 Å². The first-order valence-electron chi connectivity index (χ1n) is 10.2. The lowest BCUT2D eigenvalue weighted by atomic mass is 9.83. The van der Waals surface area contributed by atoms with Gasteiger partial charge >= 0.3 is 0 Å². The van der Waals surface area contributed by atoms with E-state index in [1.165, 1.54) is 44.1 Å². The van der Waals surface area contributed by atoms with E-state index in [2.05, 4.69) is 47.5 Å². The molecule has 1 atom stereocenters. The predicted molar refractivity (Wildman–Crippen MR) is 103 cm³/mol. The number of nitrogens with zero attached hydrogens (tertiary/aromatic N) is 1. The van der Waals surface area contributed by atoms with Gasteiger partial charge in [-0.1, -0.05) is 37.3 Å². The zero-order chi connectivity index (χ0) is 17.5. The van der Waals surface area contributed by atoms with Gasteiger partial charge in [-0.3, -0.25) is 4.79 Å². The fourth-order valence-corrected chi connectivity index (χ4v) is 4.47. The molecule has 2 aliphatic rings. The molecular weight excluding hydrogens is 308 g/mol. The highest BCUT2D eigenvalue weighted by Crippen LogP contribution is 2.27. The Bertz CT molecular complexity index is 516. The van der Waals surface area contributed by atoms with Gasteiger partial charge in [0, 0.05) is 19.5 Å². The topological polar surface area (TPSA) is 32.3 Å². The molecular formula is C22H34N2O. The largest absolute Gasteiger partial charge is 0.343 e. The SMILES string of the molecule is CC(CC(=O)N1CCC(CCc2ccccc2)CC1)C1CCNCC1. The molecule has 0 radical (unpaired) electrons. The molecule has 2 aliphatic heterocycles. The van der Waals surface area contributed by atoms with Gasteiger partial charge in [0.25, 0.3) is 0 Å². The van der Waals surface area contributed by atoms with Gasteiger partial charge < -0.3 is 10.2 Å². The number of rotatable bonds is 6. The number of piperidine rings is 2. The smallest absolute Gasteiger partial charge is 0.222 e. The molecule has 1 unspecified atom stereocenters. The Balaban J connectivity index is 1.37. The molecule has 3 heteroatoms. The van der Waals surface area contributed by atoms with Crippen molar-refractivity contribution in [1.82, 2.24) is 10.2 Å². The summed E-state index contributed by atoms with van der Waals surface area (Å²) in [6.07, 6.45) is 8.01. The Morgan fingerprint density at radius 1 is 1.12 bits per heavy atom. The van der Waals surface area contributed by atoms with Crippen molar-refractivity contribution in [1.29, 1.82) is 0 Å². The third-order valence-electron chi connectivity index (χ3n) is 6.34. The minimum atomic E-state index is 0.396. The first-order chi connectivity index (χ1) is 12.2. The van der Waals surface area contributed by atoms with Crippen LogP contribution in [-0.4, -0.2) is 37.0 Å². The molecule has 0 aliphatic carbocycles. The Labute approximate surface area is 153 Å². The maximum Gasteiger partial charge on any atom is 0.222 e. The van der Waals surface area contributed by atoms with Crippen LogP contribution in [0.5, 0.6) is 0 Å². The molecule has 0 bridgehead atoms. The first kappa shape index (κ1) is 18.4. The van der Waals surface area contributed by atoms with Crippen LogP contribution in [0.3, 0.4) is 0 Å². The highest BCUT2D eigenvalue weighted by atomic mass is 16.2. The fraction of sp³-hybridized carbons (Fsp3) is 0.682. The third-order valence-corrected chi connectivity index (χ3v) is 6.34. The zero-order valence-corrected chi connectivity index (χ0v) is 15.8. The Morgan fingerprint density at radius 3 is 2.48 bits per heavy atom. The number of hydrogen-bond acceptors (Lipinski definition) is 2. The van der Waals surface area contributed by atoms with Crippen molar-refractivity contribution in [3.63, 3.8) is 0 Å². The Kier molecular flexibility index (Phi) is 6.92. The number of aryl methyl sites for hydroxylation is 1. The van der Waals surface area contributed by atoms with Gasteiger partial charge in [-0.25, -0.2) is 0 Å². The summed E-state index contributed by atoms with van der Waals surface area (Å²) in [5.41, 5.74) is 1.44. The molecule has 25 heavy (non-hydrogen) atoms. The number of hydrogen-bond donors (Lipinski definition) is 1. The number of benzene rings is 1. The van der Waals surface area contributed by atoms with E-state index in [1.54, 1.807) is 0 Å². The summed E-state index contributed by atoms with van der Waals surface area (Å²) in [5, 5.41) is 3.42. The summed E-state index contributed by atoms with van der Waals surface area (Å²) in [6.45, 7) is 6.46. The lowest BCUT2D eigenvalue weighted by Gasteiger charge is -2.34. The molecule has 2 heterocycles. The van der Waals surface area contributed by atoms with Gasteiger partial charge in [-0.2, -0.15) is 0 Å². The van der Waals surface area contributed by atoms with E-state index in [9.17, 15) is 4.79 Å². The Hall–Kier alpha value is -1.35. The van der Waals surface area contributed by atoms with Gasteiger partial charge in [-0.15, -0.1) is 0 Å². The molecule has 2 fully saturated rings. The molecule has 0 aromatic heterocycles. The van der Waals surface area contributed by atoms with Crippen LogP contribution in [0.2, 0.25) is 0 Å². The fourth-order valence-electron chi connectivity index (χ4n) is 4.47. The molecule has 3 rings (SSSR count). The van der Waals surface area contributed by atoms with Crippen LogP contribution in [0.4, 0.5) is 0 Å². The van der Waals surface area contributed by atoms with Crippen LogP contribution in [0.1, 0.15) is 51.0 Å². The van der Waals surface area contributed by atoms with E-state index in [1.807, 2.05) is 0 Å². The summed E-state index contributed by atoms with van der Waals surface area (Å²) in [4.78, 5) is 14.8. The molecule has 138 valence electrons. The van der Waals surface area contributed by atoms with Crippen molar-refractivity contribution >= 4 is 5.91 Å². The second-order valence-corrected chi connectivity index (χ2v) is 8.12. The van der Waals surface area contributed by atoms with Crippen LogP contribution < -0.4 is 5.32 Å². The summed E-state index contributed by atoms with van der Waals surface area (Å²) in [6, 6.07) is 10.8. The van der Waals surface area contributed by atoms with Crippen molar-refractivity contribution < 1.29 is 4.79 Å². The molecule has 0 spiro atoms. The van der Waals surface area contributed by atoms with E-state index in [0.29, 0.717) is 11.8 Å². The lowest BCUT2D eigenvalue weighted by molar-refractivity contribution is -0.134. The minimum absolute atomic E-state index is 0.396. The average Bonchev–Trinajstić information content (AvgIpc) is 2.68. The molecule has 2 saturated heterocycles. The molecule has 3 nitrogen and oxygen atoms in total. The number of carbonyl (C=O) groups is 1. The van der Waals surface area contributed by atoms with Gasteiger partial charge in [0.15, 0.2) is 0 Å². The van der Waals surface area contributed by atoms with Gasteiger partial charge in [-0.05, 0) is 74.9 Å². The average molecular weight is 343 g/mol. The summed E-state index contributed by atoms with van der Waals surface area (Å²) in [5.74, 6) is 2.44. The van der Waals surface area contributed by atoms with Crippen molar-refractivity contribution in [2.75, 3.05) is 26.2 Å². The van der Waals surface area contributed by atoms with Crippen molar-refractivity contribution in [3.05, 3.63) is 35.9 Å². The van der Waals surface area contributed by atoms with Crippen LogP contribution in [0.15, 0.2) is 30.3 Å². The highest BCUT2D eigenvalue weighted by molar-refractivity contribution is 5.76.